The van der Waals surface area contributed by atoms with Crippen molar-refractivity contribution in [2.24, 2.45) is 0 Å². The molecule has 0 aliphatic heterocycles. The standard InChI is InChI=1S/C26H25F2NO2/c1-14-22(27)12-18(13-23(14)28)15(2)29-26(30)25-8-7-24(31-25)21-10-19(16-3-4-16)9-20(11-21)17-5-6-17/h7-13,15-17H,3-6H2,1-2H3,(H,29,30). The Balaban J connectivity index is 1.35. The minimum Gasteiger partial charge on any atom is -0.451 e. The van der Waals surface area contributed by atoms with Crippen LogP contribution in [-0.2, 0) is 0 Å². The van der Waals surface area contributed by atoms with Crippen LogP contribution in [0.25, 0.3) is 11.3 Å². The minimum atomic E-state index is -0.626. The Bertz CT molecular complexity index is 1100. The van der Waals surface area contributed by atoms with Crippen LogP contribution in [-0.4, -0.2) is 5.91 Å². The molecule has 31 heavy (non-hydrogen) atoms. The van der Waals surface area contributed by atoms with Crippen molar-refractivity contribution in [2.75, 3.05) is 0 Å². The van der Waals surface area contributed by atoms with E-state index in [4.69, 9.17) is 4.42 Å². The zero-order chi connectivity index (χ0) is 21.7. The van der Waals surface area contributed by atoms with Gasteiger partial charge in [-0.2, -0.15) is 0 Å². The van der Waals surface area contributed by atoms with Crippen molar-refractivity contribution in [3.63, 3.8) is 0 Å². The Kier molecular flexibility index (Phi) is 4.92. The first-order valence-electron chi connectivity index (χ1n) is 10.9. The number of hydrogen-bond acceptors (Lipinski definition) is 2. The first-order valence-corrected chi connectivity index (χ1v) is 10.9. The van der Waals surface area contributed by atoms with Gasteiger partial charge in [-0.05, 0) is 104 Å². The van der Waals surface area contributed by atoms with Crippen LogP contribution in [0.4, 0.5) is 8.78 Å². The van der Waals surface area contributed by atoms with Crippen LogP contribution in [0, 0.1) is 18.6 Å². The van der Waals surface area contributed by atoms with Gasteiger partial charge in [-0.1, -0.05) is 6.07 Å². The Hall–Kier alpha value is -2.95. The normalized spacial score (nSPS) is 16.9. The van der Waals surface area contributed by atoms with E-state index in [1.54, 1.807) is 13.0 Å². The van der Waals surface area contributed by atoms with Crippen molar-refractivity contribution in [3.8, 4) is 11.3 Å². The molecule has 0 saturated heterocycles. The molecule has 1 atom stereocenters. The molecule has 0 spiro atoms. The van der Waals surface area contributed by atoms with Gasteiger partial charge in [-0.15, -0.1) is 0 Å². The number of halogens is 2. The molecule has 5 rings (SSSR count). The van der Waals surface area contributed by atoms with Gasteiger partial charge in [0.25, 0.3) is 5.91 Å². The summed E-state index contributed by atoms with van der Waals surface area (Å²) < 4.78 is 33.6. The predicted molar refractivity (Wildman–Crippen MR) is 115 cm³/mol. The highest BCUT2D eigenvalue weighted by atomic mass is 19.1. The van der Waals surface area contributed by atoms with Crippen LogP contribution in [0.5, 0.6) is 0 Å². The summed E-state index contributed by atoms with van der Waals surface area (Å²) in [5.41, 5.74) is 4.06. The van der Waals surface area contributed by atoms with Gasteiger partial charge in [0.15, 0.2) is 5.76 Å². The van der Waals surface area contributed by atoms with E-state index in [1.165, 1.54) is 55.9 Å². The molecule has 1 heterocycles. The molecule has 0 bridgehead atoms. The summed E-state index contributed by atoms with van der Waals surface area (Å²) in [7, 11) is 0. The van der Waals surface area contributed by atoms with Gasteiger partial charge in [0.05, 0.1) is 6.04 Å². The van der Waals surface area contributed by atoms with Crippen molar-refractivity contribution in [1.82, 2.24) is 5.32 Å². The zero-order valence-corrected chi connectivity index (χ0v) is 17.7. The molecule has 2 aliphatic carbocycles. The van der Waals surface area contributed by atoms with Gasteiger partial charge in [-0.25, -0.2) is 8.78 Å². The van der Waals surface area contributed by atoms with Crippen molar-refractivity contribution in [2.45, 2.75) is 57.4 Å². The third-order valence-corrected chi connectivity index (χ3v) is 6.34. The lowest BCUT2D eigenvalue weighted by molar-refractivity contribution is 0.0912. The molecule has 2 fully saturated rings. The van der Waals surface area contributed by atoms with Crippen LogP contribution in [0.1, 0.15) is 83.3 Å². The van der Waals surface area contributed by atoms with Crippen molar-refractivity contribution in [3.05, 3.63) is 82.1 Å². The average Bonchev–Trinajstić information content (AvgIpc) is 3.68. The number of carbonyl (C=O) groups excluding carboxylic acids is 1. The van der Waals surface area contributed by atoms with E-state index in [1.807, 2.05) is 6.07 Å². The number of carbonyl (C=O) groups is 1. The second kappa shape index (κ2) is 7.63. The Morgan fingerprint density at radius 2 is 1.55 bits per heavy atom. The average molecular weight is 421 g/mol. The van der Waals surface area contributed by atoms with Gasteiger partial charge in [0, 0.05) is 11.1 Å². The second-order valence-electron chi connectivity index (χ2n) is 8.91. The highest BCUT2D eigenvalue weighted by molar-refractivity contribution is 5.92. The molecule has 1 unspecified atom stereocenters. The highest BCUT2D eigenvalue weighted by Crippen LogP contribution is 2.46. The molecule has 1 amide bonds. The van der Waals surface area contributed by atoms with E-state index in [9.17, 15) is 13.6 Å². The summed E-state index contributed by atoms with van der Waals surface area (Å²) in [6.45, 7) is 3.07. The van der Waals surface area contributed by atoms with Crippen LogP contribution >= 0.6 is 0 Å². The molecule has 3 aromatic rings. The van der Waals surface area contributed by atoms with Gasteiger partial charge >= 0.3 is 0 Å². The first-order chi connectivity index (χ1) is 14.9. The van der Waals surface area contributed by atoms with E-state index in [-0.39, 0.29) is 11.3 Å². The fraction of sp³-hybridized carbons (Fsp3) is 0.346. The summed E-state index contributed by atoms with van der Waals surface area (Å²) >= 11 is 0. The molecular formula is C26H25F2NO2. The van der Waals surface area contributed by atoms with Crippen LogP contribution in [0.3, 0.4) is 0 Å². The quantitative estimate of drug-likeness (QED) is 0.477. The molecule has 3 nitrogen and oxygen atoms in total. The van der Waals surface area contributed by atoms with Crippen molar-refractivity contribution in [1.29, 1.82) is 0 Å². The highest BCUT2D eigenvalue weighted by Gasteiger charge is 2.29. The summed E-state index contributed by atoms with van der Waals surface area (Å²) in [6, 6.07) is 12.1. The van der Waals surface area contributed by atoms with Gasteiger partial charge < -0.3 is 9.73 Å². The minimum absolute atomic E-state index is 0.0306. The van der Waals surface area contributed by atoms with Crippen molar-refractivity contribution >= 4 is 5.91 Å². The molecular weight excluding hydrogens is 396 g/mol. The third-order valence-electron chi connectivity index (χ3n) is 6.34. The molecule has 160 valence electrons. The third kappa shape index (κ3) is 4.14. The number of furan rings is 1. The first kappa shape index (κ1) is 20.0. The van der Waals surface area contributed by atoms with E-state index in [0.717, 1.165) is 5.56 Å². The fourth-order valence-corrected chi connectivity index (χ4v) is 4.00. The SMILES string of the molecule is Cc1c(F)cc(C(C)NC(=O)c2ccc(-c3cc(C4CC4)cc(C4CC4)c3)o2)cc1F. The summed E-state index contributed by atoms with van der Waals surface area (Å²) in [4.78, 5) is 12.7. The number of hydrogen-bond donors (Lipinski definition) is 1. The van der Waals surface area contributed by atoms with Gasteiger partial charge in [-0.3, -0.25) is 4.79 Å². The van der Waals surface area contributed by atoms with E-state index >= 15 is 0 Å². The number of nitrogens with one attached hydrogen (secondary N) is 1. The van der Waals surface area contributed by atoms with Crippen LogP contribution in [0.2, 0.25) is 0 Å². The molecule has 2 aliphatic rings. The maximum Gasteiger partial charge on any atom is 0.287 e. The lowest BCUT2D eigenvalue weighted by Crippen LogP contribution is -2.26. The fourth-order valence-electron chi connectivity index (χ4n) is 4.00. The van der Waals surface area contributed by atoms with E-state index in [0.29, 0.717) is 23.2 Å². The Morgan fingerprint density at radius 1 is 0.968 bits per heavy atom. The molecule has 5 heteroatoms. The molecule has 0 radical (unpaired) electrons. The maximum absolute atomic E-state index is 13.9. The Labute approximate surface area is 180 Å². The van der Waals surface area contributed by atoms with Gasteiger partial charge in [0.1, 0.15) is 17.4 Å². The van der Waals surface area contributed by atoms with Crippen LogP contribution in [0.15, 0.2) is 46.9 Å². The van der Waals surface area contributed by atoms with Crippen LogP contribution < -0.4 is 5.32 Å². The maximum atomic E-state index is 13.9. The number of benzene rings is 2. The summed E-state index contributed by atoms with van der Waals surface area (Å²) in [5, 5.41) is 2.76. The monoisotopic (exact) mass is 421 g/mol. The molecule has 2 aromatic carbocycles. The predicted octanol–water partition coefficient (Wildman–Crippen LogP) is 6.78. The smallest absolute Gasteiger partial charge is 0.287 e. The summed E-state index contributed by atoms with van der Waals surface area (Å²) in [5.74, 6) is 0.463. The van der Waals surface area contributed by atoms with E-state index in [2.05, 4.69) is 23.5 Å². The topological polar surface area (TPSA) is 42.2 Å². The number of amides is 1. The van der Waals surface area contributed by atoms with E-state index < -0.39 is 23.6 Å². The second-order valence-corrected chi connectivity index (χ2v) is 8.91. The van der Waals surface area contributed by atoms with Gasteiger partial charge in [0.2, 0.25) is 0 Å². The zero-order valence-electron chi connectivity index (χ0n) is 17.7. The largest absolute Gasteiger partial charge is 0.451 e. The lowest BCUT2D eigenvalue weighted by Gasteiger charge is -2.14. The molecule has 1 N–H and O–H groups in total. The Morgan fingerprint density at radius 3 is 2.10 bits per heavy atom. The number of rotatable bonds is 6. The molecule has 2 saturated carbocycles. The van der Waals surface area contributed by atoms with Crippen molar-refractivity contribution < 1.29 is 18.0 Å². The summed E-state index contributed by atoms with van der Waals surface area (Å²) in [6.07, 6.45) is 4.93. The lowest BCUT2D eigenvalue weighted by atomic mass is 9.99. The molecule has 1 aromatic heterocycles.